The zero-order valence-corrected chi connectivity index (χ0v) is 13.1. The first-order valence-corrected chi connectivity index (χ1v) is 8.79. The summed E-state index contributed by atoms with van der Waals surface area (Å²) < 4.78 is 5.63. The molecule has 116 valence electrons. The van der Waals surface area contributed by atoms with Crippen LogP contribution in [0.2, 0.25) is 0 Å². The molecule has 2 unspecified atom stereocenters. The molecule has 0 radical (unpaired) electrons. The van der Waals surface area contributed by atoms with E-state index in [1.807, 2.05) is 0 Å². The van der Waals surface area contributed by atoms with Gasteiger partial charge in [0.05, 0.1) is 6.61 Å². The Labute approximate surface area is 129 Å². The predicted octanol–water partition coefficient (Wildman–Crippen LogP) is 4.32. The number of rotatable bonds is 5. The van der Waals surface area contributed by atoms with Crippen LogP contribution < -0.4 is 5.32 Å². The van der Waals surface area contributed by atoms with Gasteiger partial charge in [-0.2, -0.15) is 0 Å². The fraction of sp³-hybridized carbons (Fsp3) is 0.684. The summed E-state index contributed by atoms with van der Waals surface area (Å²) in [5.41, 5.74) is 1.47. The molecule has 2 atom stereocenters. The van der Waals surface area contributed by atoms with Crippen molar-refractivity contribution < 1.29 is 4.74 Å². The minimum Gasteiger partial charge on any atom is -0.381 e. The first-order chi connectivity index (χ1) is 10.4. The molecule has 0 aromatic heterocycles. The van der Waals surface area contributed by atoms with Crippen LogP contribution in [-0.4, -0.2) is 19.8 Å². The van der Waals surface area contributed by atoms with E-state index in [0.717, 1.165) is 25.7 Å². The molecule has 0 spiro atoms. The summed E-state index contributed by atoms with van der Waals surface area (Å²) in [5, 5.41) is 3.90. The summed E-state index contributed by atoms with van der Waals surface area (Å²) in [4.78, 5) is 0. The first-order valence-electron chi connectivity index (χ1n) is 8.79. The van der Waals surface area contributed by atoms with E-state index in [9.17, 15) is 0 Å². The second-order valence-corrected chi connectivity index (χ2v) is 6.78. The van der Waals surface area contributed by atoms with Gasteiger partial charge in [0.15, 0.2) is 0 Å². The van der Waals surface area contributed by atoms with Crippen LogP contribution in [-0.2, 0) is 4.74 Å². The van der Waals surface area contributed by atoms with Crippen LogP contribution in [0.5, 0.6) is 0 Å². The van der Waals surface area contributed by atoms with Crippen molar-refractivity contribution in [1.82, 2.24) is 5.32 Å². The maximum Gasteiger partial charge on any atom is 0.0506 e. The molecule has 2 fully saturated rings. The van der Waals surface area contributed by atoms with Gasteiger partial charge in [-0.3, -0.25) is 0 Å². The van der Waals surface area contributed by atoms with E-state index in [4.69, 9.17) is 4.74 Å². The van der Waals surface area contributed by atoms with E-state index in [1.54, 1.807) is 0 Å². The third-order valence-electron chi connectivity index (χ3n) is 5.16. The molecule has 1 aliphatic heterocycles. The van der Waals surface area contributed by atoms with Gasteiger partial charge in [0.1, 0.15) is 0 Å². The van der Waals surface area contributed by atoms with Crippen molar-refractivity contribution in [3.8, 4) is 0 Å². The van der Waals surface area contributed by atoms with Crippen molar-refractivity contribution in [2.45, 2.75) is 51.0 Å². The fourth-order valence-electron chi connectivity index (χ4n) is 3.95. The molecule has 0 amide bonds. The van der Waals surface area contributed by atoms with E-state index >= 15 is 0 Å². The number of ether oxygens (including phenoxy) is 1. The maximum absolute atomic E-state index is 5.63. The molecule has 1 heterocycles. The van der Waals surface area contributed by atoms with E-state index in [0.29, 0.717) is 12.0 Å². The van der Waals surface area contributed by atoms with Crippen molar-refractivity contribution in [2.24, 2.45) is 11.8 Å². The molecule has 2 aliphatic rings. The fourth-order valence-corrected chi connectivity index (χ4v) is 3.95. The normalized spacial score (nSPS) is 25.6. The summed E-state index contributed by atoms with van der Waals surface area (Å²) in [6.45, 7) is 3.01. The summed E-state index contributed by atoms with van der Waals surface area (Å²) in [6, 6.07) is 11.6. The molecule has 1 N–H and O–H groups in total. The molecule has 1 aromatic rings. The lowest BCUT2D eigenvalue weighted by Crippen LogP contribution is -2.35. The number of hydrogen-bond acceptors (Lipinski definition) is 2. The van der Waals surface area contributed by atoms with Crippen LogP contribution in [0.15, 0.2) is 30.3 Å². The van der Waals surface area contributed by atoms with E-state index in [1.165, 1.54) is 50.5 Å². The SMILES string of the molecule is c1ccc(C(NCC2CCCOC2)C2CCCCC2)cc1. The Morgan fingerprint density at radius 3 is 2.52 bits per heavy atom. The highest BCUT2D eigenvalue weighted by atomic mass is 16.5. The van der Waals surface area contributed by atoms with E-state index in [2.05, 4.69) is 35.6 Å². The van der Waals surface area contributed by atoms with Crippen LogP contribution >= 0.6 is 0 Å². The highest BCUT2D eigenvalue weighted by molar-refractivity contribution is 5.20. The maximum atomic E-state index is 5.63. The van der Waals surface area contributed by atoms with Gasteiger partial charge in [-0.05, 0) is 43.1 Å². The summed E-state index contributed by atoms with van der Waals surface area (Å²) in [6.07, 6.45) is 9.55. The average molecular weight is 287 g/mol. The molecule has 2 nitrogen and oxygen atoms in total. The lowest BCUT2D eigenvalue weighted by atomic mass is 9.81. The van der Waals surface area contributed by atoms with Gasteiger partial charge in [0.2, 0.25) is 0 Å². The number of nitrogens with one attached hydrogen (secondary N) is 1. The van der Waals surface area contributed by atoms with Crippen molar-refractivity contribution >= 4 is 0 Å². The largest absolute Gasteiger partial charge is 0.381 e. The lowest BCUT2D eigenvalue weighted by Gasteiger charge is -2.33. The van der Waals surface area contributed by atoms with Crippen molar-refractivity contribution in [3.05, 3.63) is 35.9 Å². The van der Waals surface area contributed by atoms with Crippen LogP contribution in [0.4, 0.5) is 0 Å². The summed E-state index contributed by atoms with van der Waals surface area (Å²) >= 11 is 0. The van der Waals surface area contributed by atoms with Gasteiger partial charge < -0.3 is 10.1 Å². The quantitative estimate of drug-likeness (QED) is 0.870. The first kappa shape index (κ1) is 15.1. The van der Waals surface area contributed by atoms with Crippen molar-refractivity contribution in [1.29, 1.82) is 0 Å². The minimum absolute atomic E-state index is 0.536. The van der Waals surface area contributed by atoms with Gasteiger partial charge in [0, 0.05) is 19.2 Å². The smallest absolute Gasteiger partial charge is 0.0506 e. The zero-order valence-electron chi connectivity index (χ0n) is 13.1. The van der Waals surface area contributed by atoms with Gasteiger partial charge in [-0.25, -0.2) is 0 Å². The lowest BCUT2D eigenvalue weighted by molar-refractivity contribution is 0.0524. The second kappa shape index (κ2) is 7.95. The van der Waals surface area contributed by atoms with Crippen LogP contribution in [0, 0.1) is 11.8 Å². The minimum atomic E-state index is 0.536. The third kappa shape index (κ3) is 4.31. The van der Waals surface area contributed by atoms with Gasteiger partial charge in [0.25, 0.3) is 0 Å². The summed E-state index contributed by atoms with van der Waals surface area (Å²) in [5.74, 6) is 1.51. The zero-order chi connectivity index (χ0) is 14.3. The Morgan fingerprint density at radius 2 is 1.81 bits per heavy atom. The monoisotopic (exact) mass is 287 g/mol. The molecular formula is C19H29NO. The van der Waals surface area contributed by atoms with Crippen molar-refractivity contribution in [2.75, 3.05) is 19.8 Å². The highest BCUT2D eigenvalue weighted by Crippen LogP contribution is 2.34. The Hall–Kier alpha value is -0.860. The van der Waals surface area contributed by atoms with E-state index in [-0.39, 0.29) is 0 Å². The molecular weight excluding hydrogens is 258 g/mol. The number of benzene rings is 1. The molecule has 21 heavy (non-hydrogen) atoms. The molecule has 1 saturated carbocycles. The van der Waals surface area contributed by atoms with E-state index < -0.39 is 0 Å². The molecule has 1 aromatic carbocycles. The van der Waals surface area contributed by atoms with Crippen LogP contribution in [0.1, 0.15) is 56.6 Å². The van der Waals surface area contributed by atoms with Crippen LogP contribution in [0.3, 0.4) is 0 Å². The molecule has 3 rings (SSSR count). The van der Waals surface area contributed by atoms with Gasteiger partial charge in [-0.15, -0.1) is 0 Å². The van der Waals surface area contributed by atoms with Gasteiger partial charge >= 0.3 is 0 Å². The Balaban J connectivity index is 1.63. The highest BCUT2D eigenvalue weighted by Gasteiger charge is 2.25. The molecule has 1 aliphatic carbocycles. The molecule has 0 bridgehead atoms. The second-order valence-electron chi connectivity index (χ2n) is 6.78. The van der Waals surface area contributed by atoms with Crippen molar-refractivity contribution in [3.63, 3.8) is 0 Å². The Kier molecular flexibility index (Phi) is 5.70. The third-order valence-corrected chi connectivity index (χ3v) is 5.16. The molecule has 2 heteroatoms. The Bertz CT molecular complexity index is 393. The van der Waals surface area contributed by atoms with Crippen LogP contribution in [0.25, 0.3) is 0 Å². The molecule has 1 saturated heterocycles. The Morgan fingerprint density at radius 1 is 1.00 bits per heavy atom. The van der Waals surface area contributed by atoms with Gasteiger partial charge in [-0.1, -0.05) is 49.6 Å². The average Bonchev–Trinajstić information content (AvgIpc) is 2.58. The topological polar surface area (TPSA) is 21.3 Å². The number of hydrogen-bond donors (Lipinski definition) is 1. The standard InChI is InChI=1S/C19H29NO/c1-3-9-17(10-4-1)19(18-11-5-2-6-12-18)20-14-16-8-7-13-21-15-16/h1,3-4,9-10,16,18-20H,2,5-8,11-15H2. The predicted molar refractivity (Wildman–Crippen MR) is 87.3 cm³/mol. The summed E-state index contributed by atoms with van der Waals surface area (Å²) in [7, 11) is 0.